The fraction of sp³-hybridized carbons (Fsp3) is 1.00. The molecule has 3 N–H and O–H groups in total. The number of hydrogen-bond acceptors (Lipinski definition) is 5. The molecule has 0 bridgehead atoms. The summed E-state index contributed by atoms with van der Waals surface area (Å²) >= 11 is 0. The van der Waals surface area contributed by atoms with E-state index in [0.717, 1.165) is 0 Å². The summed E-state index contributed by atoms with van der Waals surface area (Å²) in [6.45, 7) is 1.32. The van der Waals surface area contributed by atoms with E-state index in [9.17, 15) is 10.2 Å². The molecule has 0 amide bonds. The second-order valence-corrected chi connectivity index (χ2v) is 3.44. The molecule has 1 aliphatic rings. The zero-order valence-corrected chi connectivity index (χ0v) is 7.80. The van der Waals surface area contributed by atoms with Gasteiger partial charge in [0.2, 0.25) is 0 Å². The molecule has 4 atom stereocenters. The van der Waals surface area contributed by atoms with Crippen molar-refractivity contribution in [1.29, 1.82) is 0 Å². The van der Waals surface area contributed by atoms with E-state index in [1.807, 2.05) is 0 Å². The van der Waals surface area contributed by atoms with Crippen molar-refractivity contribution in [2.45, 2.75) is 37.4 Å². The van der Waals surface area contributed by atoms with Crippen LogP contribution in [0.3, 0.4) is 0 Å². The van der Waals surface area contributed by atoms with Crippen molar-refractivity contribution in [3.63, 3.8) is 0 Å². The van der Waals surface area contributed by atoms with Crippen LogP contribution in [0.5, 0.6) is 0 Å². The molecule has 0 aromatic rings. The summed E-state index contributed by atoms with van der Waals surface area (Å²) in [6, 6.07) is 0. The molecule has 4 unspecified atom stereocenters. The zero-order valence-electron chi connectivity index (χ0n) is 7.80. The van der Waals surface area contributed by atoms with Crippen molar-refractivity contribution in [3.8, 4) is 0 Å². The van der Waals surface area contributed by atoms with E-state index >= 15 is 0 Å². The number of rotatable bonds is 2. The van der Waals surface area contributed by atoms with Crippen molar-refractivity contribution in [2.75, 3.05) is 13.7 Å². The smallest absolute Gasteiger partial charge is 0.168 e. The highest BCUT2D eigenvalue weighted by Crippen LogP contribution is 2.29. The Labute approximate surface area is 76.9 Å². The highest BCUT2D eigenvalue weighted by Gasteiger charge is 2.43. The molecule has 0 radical (unpaired) electrons. The molecule has 5 heteroatoms. The van der Waals surface area contributed by atoms with E-state index in [0.29, 0.717) is 0 Å². The monoisotopic (exact) mass is 192 g/mol. The third-order valence-electron chi connectivity index (χ3n) is 2.37. The molecule has 0 aliphatic carbocycles. The topological polar surface area (TPSA) is 79.2 Å². The van der Waals surface area contributed by atoms with Crippen molar-refractivity contribution in [1.82, 2.24) is 0 Å². The Balaban J connectivity index is 2.68. The first-order valence-electron chi connectivity index (χ1n) is 4.22. The predicted molar refractivity (Wildman–Crippen MR) is 44.0 cm³/mol. The van der Waals surface area contributed by atoms with Gasteiger partial charge in [-0.05, 0) is 6.92 Å². The van der Waals surface area contributed by atoms with E-state index < -0.39 is 24.1 Å². The Hall–Kier alpha value is -0.200. The van der Waals surface area contributed by atoms with E-state index in [4.69, 9.17) is 14.6 Å². The largest absolute Gasteiger partial charge is 0.394 e. The third kappa shape index (κ3) is 2.18. The fourth-order valence-electron chi connectivity index (χ4n) is 1.46. The average Bonchev–Trinajstić information content (AvgIpc) is 2.11. The first-order valence-corrected chi connectivity index (χ1v) is 4.22. The maximum Gasteiger partial charge on any atom is 0.168 e. The summed E-state index contributed by atoms with van der Waals surface area (Å²) < 4.78 is 10.3. The summed E-state index contributed by atoms with van der Waals surface area (Å²) in [7, 11) is 1.46. The van der Waals surface area contributed by atoms with Crippen LogP contribution in [0.1, 0.15) is 13.3 Å². The van der Waals surface area contributed by atoms with E-state index in [1.54, 1.807) is 6.92 Å². The maximum atomic E-state index is 9.42. The molecule has 0 saturated carbocycles. The van der Waals surface area contributed by atoms with Gasteiger partial charge in [-0.3, -0.25) is 0 Å². The second kappa shape index (κ2) is 3.89. The molecular formula is C8H16O5. The highest BCUT2D eigenvalue weighted by atomic mass is 16.7. The van der Waals surface area contributed by atoms with Crippen LogP contribution < -0.4 is 0 Å². The first kappa shape index (κ1) is 10.9. The van der Waals surface area contributed by atoms with Crippen LogP contribution in [-0.2, 0) is 9.47 Å². The first-order chi connectivity index (χ1) is 6.02. The maximum absolute atomic E-state index is 9.42. The molecule has 0 aromatic heterocycles. The minimum Gasteiger partial charge on any atom is -0.394 e. The third-order valence-corrected chi connectivity index (χ3v) is 2.37. The van der Waals surface area contributed by atoms with Gasteiger partial charge in [-0.1, -0.05) is 0 Å². The van der Waals surface area contributed by atoms with Gasteiger partial charge in [-0.2, -0.15) is 0 Å². The van der Waals surface area contributed by atoms with E-state index in [-0.39, 0.29) is 13.0 Å². The molecule has 1 aliphatic heterocycles. The van der Waals surface area contributed by atoms with Crippen LogP contribution in [0.4, 0.5) is 0 Å². The van der Waals surface area contributed by atoms with Crippen LogP contribution in [-0.4, -0.2) is 53.1 Å². The van der Waals surface area contributed by atoms with Crippen LogP contribution in [0.15, 0.2) is 0 Å². The van der Waals surface area contributed by atoms with Gasteiger partial charge in [0.05, 0.1) is 12.7 Å². The summed E-state index contributed by atoms with van der Waals surface area (Å²) in [4.78, 5) is 0. The number of hydrogen-bond donors (Lipinski definition) is 3. The Morgan fingerprint density at radius 3 is 2.62 bits per heavy atom. The number of aliphatic hydroxyl groups excluding tert-OH is 3. The summed E-state index contributed by atoms with van der Waals surface area (Å²) in [5.41, 5.74) is 0. The zero-order chi connectivity index (χ0) is 10.1. The fourth-order valence-corrected chi connectivity index (χ4v) is 1.46. The molecule has 1 fully saturated rings. The standard InChI is InChI=1S/C8H16O5/c1-8(12-2)3-5(10)7(11)6(4-9)13-8/h5-7,9-11H,3-4H2,1-2H3. The summed E-state index contributed by atoms with van der Waals surface area (Å²) in [5, 5.41) is 27.7. The molecule has 0 aromatic carbocycles. The van der Waals surface area contributed by atoms with Gasteiger partial charge >= 0.3 is 0 Å². The van der Waals surface area contributed by atoms with Crippen molar-refractivity contribution < 1.29 is 24.8 Å². The van der Waals surface area contributed by atoms with Gasteiger partial charge in [-0.15, -0.1) is 0 Å². The predicted octanol–water partition coefficient (Wildman–Crippen LogP) is -1.15. The lowest BCUT2D eigenvalue weighted by molar-refractivity contribution is -0.306. The van der Waals surface area contributed by atoms with Crippen molar-refractivity contribution >= 4 is 0 Å². The Morgan fingerprint density at radius 2 is 2.15 bits per heavy atom. The molecule has 78 valence electrons. The molecule has 1 saturated heterocycles. The number of ether oxygens (including phenoxy) is 2. The highest BCUT2D eigenvalue weighted by molar-refractivity contribution is 4.87. The second-order valence-electron chi connectivity index (χ2n) is 3.44. The van der Waals surface area contributed by atoms with Crippen LogP contribution in [0.2, 0.25) is 0 Å². The van der Waals surface area contributed by atoms with Gasteiger partial charge in [0, 0.05) is 13.5 Å². The molecule has 1 rings (SSSR count). The summed E-state index contributed by atoms with van der Waals surface area (Å²) in [6.07, 6.45) is -2.56. The van der Waals surface area contributed by atoms with Crippen LogP contribution in [0.25, 0.3) is 0 Å². The average molecular weight is 192 g/mol. The quantitative estimate of drug-likeness (QED) is 0.515. The minimum absolute atomic E-state index is 0.196. The number of methoxy groups -OCH3 is 1. The minimum atomic E-state index is -1.05. The van der Waals surface area contributed by atoms with Crippen LogP contribution in [0, 0.1) is 0 Å². The lowest BCUT2D eigenvalue weighted by atomic mass is 9.97. The lowest BCUT2D eigenvalue weighted by Gasteiger charge is -2.42. The van der Waals surface area contributed by atoms with Crippen LogP contribution >= 0.6 is 0 Å². The Morgan fingerprint density at radius 1 is 1.54 bits per heavy atom. The molecule has 0 spiro atoms. The molecule has 5 nitrogen and oxygen atoms in total. The van der Waals surface area contributed by atoms with Gasteiger partial charge in [-0.25, -0.2) is 0 Å². The molecule has 13 heavy (non-hydrogen) atoms. The van der Waals surface area contributed by atoms with Crippen molar-refractivity contribution in [3.05, 3.63) is 0 Å². The molecular weight excluding hydrogens is 176 g/mol. The lowest BCUT2D eigenvalue weighted by Crippen LogP contribution is -2.55. The summed E-state index contributed by atoms with van der Waals surface area (Å²) in [5.74, 6) is -0.925. The van der Waals surface area contributed by atoms with Crippen molar-refractivity contribution in [2.24, 2.45) is 0 Å². The Bertz CT molecular complexity index is 174. The van der Waals surface area contributed by atoms with Gasteiger partial charge in [0.25, 0.3) is 0 Å². The molecule has 1 heterocycles. The Kier molecular flexibility index (Phi) is 3.26. The number of aliphatic hydroxyl groups is 3. The van der Waals surface area contributed by atoms with Gasteiger partial charge in [0.1, 0.15) is 12.2 Å². The SMILES string of the molecule is COC1(C)CC(O)C(O)C(CO)O1. The normalized spacial score (nSPS) is 46.4. The van der Waals surface area contributed by atoms with Gasteiger partial charge in [0.15, 0.2) is 5.79 Å². The van der Waals surface area contributed by atoms with E-state index in [2.05, 4.69) is 0 Å². The van der Waals surface area contributed by atoms with Gasteiger partial charge < -0.3 is 24.8 Å². The van der Waals surface area contributed by atoms with E-state index in [1.165, 1.54) is 7.11 Å².